The van der Waals surface area contributed by atoms with Crippen molar-refractivity contribution in [3.8, 4) is 0 Å². The van der Waals surface area contributed by atoms with Gasteiger partial charge in [-0.3, -0.25) is 0 Å². The molecule has 0 radical (unpaired) electrons. The molecule has 0 amide bonds. The van der Waals surface area contributed by atoms with Gasteiger partial charge < -0.3 is 18.9 Å². The van der Waals surface area contributed by atoms with E-state index in [9.17, 15) is 9.59 Å². The third kappa shape index (κ3) is 3.79. The summed E-state index contributed by atoms with van der Waals surface area (Å²) in [4.78, 5) is 24.7. The number of hydrogen-bond donors (Lipinski definition) is 0. The molecule has 146 valence electrons. The van der Waals surface area contributed by atoms with Gasteiger partial charge in [0.25, 0.3) is 0 Å². The van der Waals surface area contributed by atoms with Gasteiger partial charge in [-0.05, 0) is 38.1 Å². The molecule has 0 aliphatic carbocycles. The number of carbonyl (C=O) groups excluding carboxylic acids is 2. The standard InChI is InChI=1S/C22H22O6/c1-13-3-7-15(8-4-13)21(23)27-17-11-25-20-18(12-26-19(17)20)28-22(24)16-9-5-14(2)6-10-16/h3-10,17-20H,11-12H2,1-2H3/t17-,18+,19-,20-/m1/s1. The van der Waals surface area contributed by atoms with Gasteiger partial charge in [0.05, 0.1) is 24.3 Å². The van der Waals surface area contributed by atoms with E-state index in [1.54, 1.807) is 24.3 Å². The smallest absolute Gasteiger partial charge is 0.338 e. The number of hydrogen-bond acceptors (Lipinski definition) is 6. The Labute approximate surface area is 163 Å². The second-order valence-electron chi connectivity index (χ2n) is 7.22. The van der Waals surface area contributed by atoms with E-state index >= 15 is 0 Å². The molecule has 2 fully saturated rings. The van der Waals surface area contributed by atoms with Crippen molar-refractivity contribution in [1.82, 2.24) is 0 Å². The zero-order valence-electron chi connectivity index (χ0n) is 15.8. The summed E-state index contributed by atoms with van der Waals surface area (Å²) in [7, 11) is 0. The minimum Gasteiger partial charge on any atom is -0.453 e. The molecule has 4 atom stereocenters. The van der Waals surface area contributed by atoms with E-state index in [2.05, 4.69) is 0 Å². The molecule has 2 heterocycles. The van der Waals surface area contributed by atoms with Crippen molar-refractivity contribution < 1.29 is 28.5 Å². The van der Waals surface area contributed by atoms with Crippen LogP contribution in [0.2, 0.25) is 0 Å². The highest BCUT2D eigenvalue weighted by atomic mass is 16.7. The third-order valence-electron chi connectivity index (χ3n) is 5.05. The second-order valence-corrected chi connectivity index (χ2v) is 7.22. The van der Waals surface area contributed by atoms with E-state index in [0.717, 1.165) is 11.1 Å². The summed E-state index contributed by atoms with van der Waals surface area (Å²) < 4.78 is 22.6. The molecule has 2 aromatic carbocycles. The monoisotopic (exact) mass is 382 g/mol. The van der Waals surface area contributed by atoms with Crippen LogP contribution in [-0.4, -0.2) is 49.6 Å². The number of rotatable bonds is 4. The quantitative estimate of drug-likeness (QED) is 0.758. The van der Waals surface area contributed by atoms with Crippen LogP contribution < -0.4 is 0 Å². The van der Waals surface area contributed by atoms with Crippen molar-refractivity contribution in [2.75, 3.05) is 13.2 Å². The zero-order chi connectivity index (χ0) is 19.7. The van der Waals surface area contributed by atoms with E-state index < -0.39 is 36.4 Å². The molecular formula is C22H22O6. The van der Waals surface area contributed by atoms with Crippen LogP contribution in [0.3, 0.4) is 0 Å². The Morgan fingerprint density at radius 2 is 1.07 bits per heavy atom. The van der Waals surface area contributed by atoms with Crippen molar-refractivity contribution in [2.45, 2.75) is 38.3 Å². The number of aryl methyl sites for hydroxylation is 2. The maximum absolute atomic E-state index is 12.4. The van der Waals surface area contributed by atoms with Crippen LogP contribution in [0, 0.1) is 13.8 Å². The van der Waals surface area contributed by atoms with Gasteiger partial charge in [0.2, 0.25) is 0 Å². The topological polar surface area (TPSA) is 71.1 Å². The molecule has 4 rings (SSSR count). The Morgan fingerprint density at radius 1 is 0.714 bits per heavy atom. The van der Waals surface area contributed by atoms with Gasteiger partial charge in [-0.2, -0.15) is 0 Å². The largest absolute Gasteiger partial charge is 0.453 e. The lowest BCUT2D eigenvalue weighted by Crippen LogP contribution is -2.36. The Bertz CT molecular complexity index is 784. The highest BCUT2D eigenvalue weighted by molar-refractivity contribution is 5.90. The highest BCUT2D eigenvalue weighted by Gasteiger charge is 2.51. The summed E-state index contributed by atoms with van der Waals surface area (Å²) in [6.45, 7) is 4.33. The van der Waals surface area contributed by atoms with Crippen molar-refractivity contribution in [3.63, 3.8) is 0 Å². The molecule has 2 aliphatic heterocycles. The van der Waals surface area contributed by atoms with Crippen molar-refractivity contribution in [1.29, 1.82) is 0 Å². The average Bonchev–Trinajstić information content (AvgIpc) is 3.26. The Kier molecular flexibility index (Phi) is 5.15. The second kappa shape index (κ2) is 7.73. The summed E-state index contributed by atoms with van der Waals surface area (Å²) in [5.41, 5.74) is 3.10. The Hall–Kier alpha value is -2.70. The first-order valence-electron chi connectivity index (χ1n) is 9.30. The first kappa shape index (κ1) is 18.7. The normalized spacial score (nSPS) is 25.9. The number of benzene rings is 2. The fraction of sp³-hybridized carbons (Fsp3) is 0.364. The summed E-state index contributed by atoms with van der Waals surface area (Å²) in [5, 5.41) is 0. The van der Waals surface area contributed by atoms with E-state index in [-0.39, 0.29) is 13.2 Å². The number of ether oxygens (including phenoxy) is 4. The van der Waals surface area contributed by atoms with Crippen LogP contribution in [0.5, 0.6) is 0 Å². The van der Waals surface area contributed by atoms with Crippen molar-refractivity contribution in [3.05, 3.63) is 70.8 Å². The maximum atomic E-state index is 12.4. The number of fused-ring (bicyclic) bond motifs is 1. The van der Waals surface area contributed by atoms with Gasteiger partial charge in [0.15, 0.2) is 12.2 Å². The van der Waals surface area contributed by atoms with Crippen molar-refractivity contribution in [2.24, 2.45) is 0 Å². The molecule has 2 saturated heterocycles. The SMILES string of the molecule is Cc1ccc(C(=O)O[C@H]2CO[C@H]3[C@@H]2OC[C@H]3OC(=O)c2ccc(C)cc2)cc1. The summed E-state index contributed by atoms with van der Waals surface area (Å²) in [6, 6.07) is 14.3. The molecule has 28 heavy (non-hydrogen) atoms. The van der Waals surface area contributed by atoms with E-state index in [1.807, 2.05) is 38.1 Å². The molecule has 0 bridgehead atoms. The number of carbonyl (C=O) groups is 2. The van der Waals surface area contributed by atoms with Crippen LogP contribution in [0.1, 0.15) is 31.8 Å². The van der Waals surface area contributed by atoms with Gasteiger partial charge >= 0.3 is 11.9 Å². The van der Waals surface area contributed by atoms with Gasteiger partial charge in [-0.25, -0.2) is 9.59 Å². The van der Waals surface area contributed by atoms with Gasteiger partial charge in [-0.15, -0.1) is 0 Å². The van der Waals surface area contributed by atoms with E-state index in [4.69, 9.17) is 18.9 Å². The molecular weight excluding hydrogens is 360 g/mol. The lowest BCUT2D eigenvalue weighted by Gasteiger charge is -2.17. The molecule has 0 aromatic heterocycles. The van der Waals surface area contributed by atoms with Gasteiger partial charge in [0.1, 0.15) is 12.2 Å². The van der Waals surface area contributed by atoms with Crippen molar-refractivity contribution >= 4 is 11.9 Å². The molecule has 2 aromatic rings. The third-order valence-corrected chi connectivity index (χ3v) is 5.05. The Morgan fingerprint density at radius 3 is 1.43 bits per heavy atom. The van der Waals surface area contributed by atoms with Crippen LogP contribution in [0.4, 0.5) is 0 Å². The molecule has 2 aliphatic rings. The first-order chi connectivity index (χ1) is 13.5. The van der Waals surface area contributed by atoms with Gasteiger partial charge in [0, 0.05) is 0 Å². The van der Waals surface area contributed by atoms with Crippen LogP contribution in [0.25, 0.3) is 0 Å². The lowest BCUT2D eigenvalue weighted by molar-refractivity contribution is -0.0287. The molecule has 0 spiro atoms. The average molecular weight is 382 g/mol. The molecule has 0 unspecified atom stereocenters. The molecule has 6 heteroatoms. The highest BCUT2D eigenvalue weighted by Crippen LogP contribution is 2.31. The first-order valence-corrected chi connectivity index (χ1v) is 9.30. The fourth-order valence-electron chi connectivity index (χ4n) is 3.42. The molecule has 0 N–H and O–H groups in total. The minimum atomic E-state index is -0.526. The van der Waals surface area contributed by atoms with Crippen LogP contribution >= 0.6 is 0 Å². The van der Waals surface area contributed by atoms with E-state index in [0.29, 0.717) is 11.1 Å². The summed E-state index contributed by atoms with van der Waals surface area (Å²) in [6.07, 6.45) is -1.93. The molecule has 6 nitrogen and oxygen atoms in total. The summed E-state index contributed by atoms with van der Waals surface area (Å²) >= 11 is 0. The fourth-order valence-corrected chi connectivity index (χ4v) is 3.42. The van der Waals surface area contributed by atoms with Crippen LogP contribution in [0.15, 0.2) is 48.5 Å². The minimum absolute atomic E-state index is 0.214. The summed E-state index contributed by atoms with van der Waals surface area (Å²) in [5.74, 6) is -0.837. The number of esters is 2. The lowest BCUT2D eigenvalue weighted by atomic mass is 10.1. The predicted molar refractivity (Wildman–Crippen MR) is 100 cm³/mol. The van der Waals surface area contributed by atoms with Gasteiger partial charge in [-0.1, -0.05) is 35.4 Å². The van der Waals surface area contributed by atoms with Crippen LogP contribution in [-0.2, 0) is 18.9 Å². The predicted octanol–water partition coefficient (Wildman–Crippen LogP) is 2.85. The Balaban J connectivity index is 1.36. The maximum Gasteiger partial charge on any atom is 0.338 e. The zero-order valence-corrected chi connectivity index (χ0v) is 15.8. The molecule has 0 saturated carbocycles. The van der Waals surface area contributed by atoms with E-state index in [1.165, 1.54) is 0 Å².